The molecule has 1 unspecified atom stereocenters. The molecular weight excluding hydrogens is 615 g/mol. The van der Waals surface area contributed by atoms with Gasteiger partial charge in [0.1, 0.15) is 10.8 Å². The summed E-state index contributed by atoms with van der Waals surface area (Å²) in [5, 5.41) is 3.89. The highest BCUT2D eigenvalue weighted by molar-refractivity contribution is 14.1. The summed E-state index contributed by atoms with van der Waals surface area (Å²) >= 11 is 9.05. The molecule has 2 aliphatic heterocycles. The summed E-state index contributed by atoms with van der Waals surface area (Å²) in [6.45, 7) is 6.39. The van der Waals surface area contributed by atoms with Crippen LogP contribution >= 0.6 is 34.5 Å². The van der Waals surface area contributed by atoms with Gasteiger partial charge in [0.25, 0.3) is 0 Å². The first kappa shape index (κ1) is 27.2. The molecule has 0 amide bonds. The van der Waals surface area contributed by atoms with Crippen LogP contribution in [-0.4, -0.2) is 72.2 Å². The minimum atomic E-state index is 0.176. The minimum absolute atomic E-state index is 0.176. The molecule has 3 heterocycles. The van der Waals surface area contributed by atoms with E-state index >= 15 is 0 Å². The van der Waals surface area contributed by atoms with Gasteiger partial charge in [-0.1, -0.05) is 41.9 Å². The second-order valence-electron chi connectivity index (χ2n) is 9.59. The smallest absolute Gasteiger partial charge is 0.229 e. The number of hydrogen-bond donors (Lipinski definition) is 1. The predicted octanol–water partition coefficient (Wildman–Crippen LogP) is 5.58. The van der Waals surface area contributed by atoms with Crippen molar-refractivity contribution in [3.05, 3.63) is 65.3 Å². The molecule has 0 radical (unpaired) electrons. The Balaban J connectivity index is 1.35. The third-order valence-corrected chi connectivity index (χ3v) is 8.24. The third kappa shape index (κ3) is 6.99. The maximum absolute atomic E-state index is 6.67. The molecule has 1 N–H and O–H groups in total. The van der Waals surface area contributed by atoms with Crippen molar-refractivity contribution in [3.63, 3.8) is 0 Å². The first-order valence-corrected chi connectivity index (χ1v) is 14.5. The van der Waals surface area contributed by atoms with Crippen LogP contribution in [0.1, 0.15) is 18.4 Å². The van der Waals surface area contributed by atoms with Crippen LogP contribution in [0.3, 0.4) is 0 Å². The number of benzene rings is 2. The van der Waals surface area contributed by atoms with E-state index in [2.05, 4.69) is 82.5 Å². The third-order valence-electron chi connectivity index (χ3n) is 7.01. The highest BCUT2D eigenvalue weighted by atomic mass is 127. The first-order chi connectivity index (χ1) is 18.6. The SMILES string of the molecule is COc1cc(N2CCN(I)CC2)ccc1Nc1ncc(Cl)c(N(CCc2ccccc2)CC2CCCO2)n1. The van der Waals surface area contributed by atoms with Crippen LogP contribution in [0.25, 0.3) is 0 Å². The van der Waals surface area contributed by atoms with Crippen molar-refractivity contribution in [2.24, 2.45) is 0 Å². The first-order valence-electron chi connectivity index (χ1n) is 13.1. The molecular formula is C28H34ClIN6O2. The van der Waals surface area contributed by atoms with Gasteiger partial charge in [-0.25, -0.2) is 8.10 Å². The van der Waals surface area contributed by atoms with E-state index in [0.717, 1.165) is 82.3 Å². The van der Waals surface area contributed by atoms with E-state index in [-0.39, 0.29) is 6.10 Å². The number of aromatic nitrogens is 2. The lowest BCUT2D eigenvalue weighted by atomic mass is 10.1. The van der Waals surface area contributed by atoms with E-state index in [1.165, 1.54) is 5.56 Å². The summed E-state index contributed by atoms with van der Waals surface area (Å²) in [4.78, 5) is 14.0. The van der Waals surface area contributed by atoms with Crippen LogP contribution in [0.2, 0.25) is 5.02 Å². The highest BCUT2D eigenvalue weighted by Crippen LogP contribution is 2.33. The maximum Gasteiger partial charge on any atom is 0.229 e. The van der Waals surface area contributed by atoms with Crippen molar-refractivity contribution in [1.82, 2.24) is 13.1 Å². The molecule has 1 atom stereocenters. The number of rotatable bonds is 10. The van der Waals surface area contributed by atoms with Gasteiger partial charge < -0.3 is 24.6 Å². The van der Waals surface area contributed by atoms with Crippen molar-refractivity contribution in [2.75, 3.05) is 68.1 Å². The Bertz CT molecular complexity index is 1190. The average Bonchev–Trinajstić information content (AvgIpc) is 3.47. The van der Waals surface area contributed by atoms with Crippen LogP contribution < -0.4 is 19.9 Å². The van der Waals surface area contributed by atoms with E-state index in [9.17, 15) is 0 Å². The van der Waals surface area contributed by atoms with Gasteiger partial charge >= 0.3 is 0 Å². The van der Waals surface area contributed by atoms with Crippen LogP contribution in [0, 0.1) is 0 Å². The average molecular weight is 649 g/mol. The molecule has 2 aliphatic rings. The number of piperazine rings is 1. The number of ether oxygens (including phenoxy) is 2. The Morgan fingerprint density at radius 2 is 1.97 bits per heavy atom. The number of nitrogens with one attached hydrogen (secondary N) is 1. The number of methoxy groups -OCH3 is 1. The summed E-state index contributed by atoms with van der Waals surface area (Å²) in [5.41, 5.74) is 3.24. The lowest BCUT2D eigenvalue weighted by Gasteiger charge is -2.33. The van der Waals surface area contributed by atoms with Crippen LogP contribution in [0.15, 0.2) is 54.7 Å². The normalized spacial score (nSPS) is 18.0. The molecule has 8 nitrogen and oxygen atoms in total. The predicted molar refractivity (Wildman–Crippen MR) is 162 cm³/mol. The molecule has 0 aliphatic carbocycles. The summed E-state index contributed by atoms with van der Waals surface area (Å²) in [7, 11) is 1.69. The fourth-order valence-electron chi connectivity index (χ4n) is 4.91. The van der Waals surface area contributed by atoms with E-state index in [4.69, 9.17) is 26.1 Å². The fourth-order valence-corrected chi connectivity index (χ4v) is 5.55. The number of halogens is 2. The van der Waals surface area contributed by atoms with Crippen molar-refractivity contribution in [1.29, 1.82) is 0 Å². The maximum atomic E-state index is 6.67. The second kappa shape index (κ2) is 13.1. The molecule has 1 aromatic heterocycles. The fraction of sp³-hybridized carbons (Fsp3) is 0.429. The molecule has 10 heteroatoms. The molecule has 0 saturated carbocycles. The lowest BCUT2D eigenvalue weighted by Crippen LogP contribution is -2.42. The molecule has 0 bridgehead atoms. The van der Waals surface area contributed by atoms with Crippen molar-refractivity contribution >= 4 is 57.6 Å². The Kier molecular flexibility index (Phi) is 9.42. The molecule has 2 aromatic carbocycles. The van der Waals surface area contributed by atoms with Gasteiger partial charge in [-0.15, -0.1) is 0 Å². The summed E-state index contributed by atoms with van der Waals surface area (Å²) in [6, 6.07) is 16.7. The van der Waals surface area contributed by atoms with E-state index in [0.29, 0.717) is 16.8 Å². The van der Waals surface area contributed by atoms with Crippen LogP contribution in [0.5, 0.6) is 5.75 Å². The standard InChI is InChI=1S/C28H34ClIN6O2/c1-37-26-18-22(34-13-15-36(30)16-14-34)9-10-25(26)32-28-31-19-24(29)27(33-28)35(20-23-8-5-17-38-23)12-11-21-6-3-2-4-7-21/h2-4,6-7,9-10,18-19,23H,5,8,11-17,20H2,1H3,(H,31,32,33). The van der Waals surface area contributed by atoms with Gasteiger partial charge in [0.2, 0.25) is 5.95 Å². The molecule has 38 heavy (non-hydrogen) atoms. The second-order valence-corrected chi connectivity index (χ2v) is 11.4. The Hall–Kier alpha value is -2.34. The molecule has 202 valence electrons. The van der Waals surface area contributed by atoms with Gasteiger partial charge in [0.15, 0.2) is 5.82 Å². The van der Waals surface area contributed by atoms with Gasteiger partial charge in [0.05, 0.1) is 25.1 Å². The van der Waals surface area contributed by atoms with Gasteiger partial charge in [0, 0.05) is 80.5 Å². The Labute approximate surface area is 243 Å². The van der Waals surface area contributed by atoms with E-state index in [1.807, 2.05) is 12.1 Å². The van der Waals surface area contributed by atoms with Gasteiger partial charge in [-0.3, -0.25) is 0 Å². The topological polar surface area (TPSA) is 66.0 Å². The van der Waals surface area contributed by atoms with Crippen molar-refractivity contribution < 1.29 is 9.47 Å². The molecule has 2 fully saturated rings. The number of hydrogen-bond acceptors (Lipinski definition) is 8. The van der Waals surface area contributed by atoms with Crippen LogP contribution in [-0.2, 0) is 11.2 Å². The van der Waals surface area contributed by atoms with Gasteiger partial charge in [-0.05, 0) is 37.0 Å². The Morgan fingerprint density at radius 3 is 2.71 bits per heavy atom. The minimum Gasteiger partial charge on any atom is -0.494 e. The summed E-state index contributed by atoms with van der Waals surface area (Å²) in [5.74, 6) is 1.94. The number of nitrogens with zero attached hydrogens (tertiary/aromatic N) is 5. The quantitative estimate of drug-likeness (QED) is 0.226. The zero-order chi connectivity index (χ0) is 26.3. The molecule has 3 aromatic rings. The van der Waals surface area contributed by atoms with Crippen molar-refractivity contribution in [2.45, 2.75) is 25.4 Å². The number of anilines is 4. The largest absolute Gasteiger partial charge is 0.494 e. The lowest BCUT2D eigenvalue weighted by molar-refractivity contribution is 0.115. The molecule has 2 saturated heterocycles. The highest BCUT2D eigenvalue weighted by Gasteiger charge is 2.23. The summed E-state index contributed by atoms with van der Waals surface area (Å²) in [6.07, 6.45) is 4.87. The van der Waals surface area contributed by atoms with Crippen LogP contribution in [0.4, 0.5) is 23.1 Å². The van der Waals surface area contributed by atoms with E-state index < -0.39 is 0 Å². The van der Waals surface area contributed by atoms with E-state index in [1.54, 1.807) is 13.3 Å². The zero-order valence-corrected chi connectivity index (χ0v) is 24.6. The monoisotopic (exact) mass is 648 g/mol. The van der Waals surface area contributed by atoms with Gasteiger partial charge in [-0.2, -0.15) is 4.98 Å². The Morgan fingerprint density at radius 1 is 1.16 bits per heavy atom. The molecule has 5 rings (SSSR count). The zero-order valence-electron chi connectivity index (χ0n) is 21.7. The summed E-state index contributed by atoms with van der Waals surface area (Å²) < 4.78 is 14.0. The molecule has 0 spiro atoms. The van der Waals surface area contributed by atoms with Crippen molar-refractivity contribution in [3.8, 4) is 5.75 Å².